The Morgan fingerprint density at radius 1 is 1.60 bits per heavy atom. The molecule has 3 nitrogen and oxygen atoms in total. The van der Waals surface area contributed by atoms with Crippen LogP contribution in [0.5, 0.6) is 0 Å². The van der Waals surface area contributed by atoms with Gasteiger partial charge in [-0.15, -0.1) is 0 Å². The first-order valence-electron chi connectivity index (χ1n) is 2.94. The third kappa shape index (κ3) is 1.79. The van der Waals surface area contributed by atoms with E-state index >= 15 is 0 Å². The summed E-state index contributed by atoms with van der Waals surface area (Å²) < 4.78 is 6.93. The van der Waals surface area contributed by atoms with Crippen molar-refractivity contribution in [3.63, 3.8) is 0 Å². The Morgan fingerprint density at radius 3 is 2.60 bits per heavy atom. The van der Waals surface area contributed by atoms with Gasteiger partial charge in [0.25, 0.3) is 0 Å². The first-order valence-corrected chi connectivity index (χ1v) is 4.79. The summed E-state index contributed by atoms with van der Waals surface area (Å²) in [5.41, 5.74) is 0. The minimum absolute atomic E-state index is 0.482. The molecule has 0 saturated carbocycles. The highest BCUT2D eigenvalue weighted by Crippen LogP contribution is 2.18. The Labute approximate surface area is 77.9 Å². The number of aromatic nitrogens is 2. The van der Waals surface area contributed by atoms with Crippen molar-refractivity contribution in [2.75, 3.05) is 3.53 Å². The van der Waals surface area contributed by atoms with Gasteiger partial charge in [-0.3, -0.25) is 3.53 Å². The smallest absolute Gasteiger partial charge is 0.243 e. The fourth-order valence-corrected chi connectivity index (χ4v) is 1.52. The highest BCUT2D eigenvalue weighted by molar-refractivity contribution is 14.1. The maximum Gasteiger partial charge on any atom is 0.243 e. The van der Waals surface area contributed by atoms with Crippen molar-refractivity contribution in [2.24, 2.45) is 0 Å². The summed E-state index contributed by atoms with van der Waals surface area (Å²) in [4.78, 5) is 4.22. The fourth-order valence-electron chi connectivity index (χ4n) is 0.508. The molecule has 10 heavy (non-hydrogen) atoms. The van der Waals surface area contributed by atoms with Gasteiger partial charge in [-0.2, -0.15) is 4.37 Å². The van der Waals surface area contributed by atoms with Crippen molar-refractivity contribution in [3.05, 3.63) is 5.01 Å². The lowest BCUT2D eigenvalue weighted by molar-refractivity contribution is 0.854. The molecule has 1 aromatic heterocycles. The molecule has 1 rings (SSSR count). The molecular formula is C5H8IN3S. The van der Waals surface area contributed by atoms with Gasteiger partial charge >= 0.3 is 0 Å². The van der Waals surface area contributed by atoms with Crippen LogP contribution in [0.2, 0.25) is 0 Å². The van der Waals surface area contributed by atoms with E-state index in [0.29, 0.717) is 11.9 Å². The second-order valence-corrected chi connectivity index (χ2v) is 3.53. The summed E-state index contributed by atoms with van der Waals surface area (Å²) in [6, 6.07) is 0. The molecule has 0 spiro atoms. The molecular weight excluding hydrogens is 261 g/mol. The van der Waals surface area contributed by atoms with E-state index in [1.807, 2.05) is 22.9 Å². The standard InChI is InChI=1S/C5H8IN3S/c1-3(2)4-7-5(8-6)9-10-4/h3H,1-2H3,(H,8,9). The maximum absolute atomic E-state index is 4.22. The highest BCUT2D eigenvalue weighted by atomic mass is 127. The van der Waals surface area contributed by atoms with Crippen LogP contribution in [0, 0.1) is 0 Å². The monoisotopic (exact) mass is 269 g/mol. The van der Waals surface area contributed by atoms with Crippen LogP contribution in [-0.2, 0) is 0 Å². The van der Waals surface area contributed by atoms with Gasteiger partial charge in [0.1, 0.15) is 5.01 Å². The lowest BCUT2D eigenvalue weighted by atomic mass is 10.2. The normalized spacial score (nSPS) is 10.4. The number of nitrogens with one attached hydrogen (secondary N) is 1. The molecule has 0 aliphatic carbocycles. The molecule has 0 amide bonds. The molecule has 1 aromatic rings. The molecule has 0 aromatic carbocycles. The molecule has 0 unspecified atom stereocenters. The van der Waals surface area contributed by atoms with Gasteiger partial charge in [0.15, 0.2) is 0 Å². The predicted octanol–water partition coefficient (Wildman–Crippen LogP) is 2.42. The SMILES string of the molecule is CC(C)c1nc(NI)ns1. The molecule has 0 fully saturated rings. The van der Waals surface area contributed by atoms with Crippen LogP contribution in [0.3, 0.4) is 0 Å². The van der Waals surface area contributed by atoms with E-state index in [1.165, 1.54) is 11.5 Å². The predicted molar refractivity (Wildman–Crippen MR) is 51.6 cm³/mol. The van der Waals surface area contributed by atoms with E-state index in [-0.39, 0.29) is 0 Å². The molecule has 0 radical (unpaired) electrons. The fraction of sp³-hybridized carbons (Fsp3) is 0.600. The summed E-state index contributed by atoms with van der Waals surface area (Å²) in [5, 5.41) is 1.08. The first-order chi connectivity index (χ1) is 4.74. The largest absolute Gasteiger partial charge is 0.296 e. The summed E-state index contributed by atoms with van der Waals surface area (Å²) in [7, 11) is 0. The van der Waals surface area contributed by atoms with Crippen LogP contribution in [0.25, 0.3) is 0 Å². The minimum atomic E-state index is 0.482. The lowest BCUT2D eigenvalue weighted by Gasteiger charge is -1.93. The Morgan fingerprint density at radius 2 is 2.30 bits per heavy atom. The second-order valence-electron chi connectivity index (χ2n) is 2.21. The van der Waals surface area contributed by atoms with E-state index in [1.54, 1.807) is 0 Å². The van der Waals surface area contributed by atoms with E-state index < -0.39 is 0 Å². The van der Waals surface area contributed by atoms with Crippen molar-refractivity contribution < 1.29 is 0 Å². The molecule has 0 bridgehead atoms. The summed E-state index contributed by atoms with van der Waals surface area (Å²) in [5.74, 6) is 1.20. The Balaban J connectivity index is 2.78. The van der Waals surface area contributed by atoms with Gasteiger partial charge in [0, 0.05) is 5.92 Å². The van der Waals surface area contributed by atoms with Crippen LogP contribution in [0.4, 0.5) is 5.95 Å². The van der Waals surface area contributed by atoms with Crippen LogP contribution in [0.1, 0.15) is 24.8 Å². The van der Waals surface area contributed by atoms with E-state index in [9.17, 15) is 0 Å². The van der Waals surface area contributed by atoms with Crippen molar-refractivity contribution in [1.82, 2.24) is 9.36 Å². The Kier molecular flexibility index (Phi) is 2.84. The third-order valence-corrected chi connectivity index (χ3v) is 2.52. The van der Waals surface area contributed by atoms with Gasteiger partial charge in [-0.1, -0.05) is 13.8 Å². The number of halogens is 1. The van der Waals surface area contributed by atoms with Gasteiger partial charge in [0.05, 0.1) is 22.9 Å². The van der Waals surface area contributed by atoms with Crippen molar-refractivity contribution >= 4 is 40.3 Å². The van der Waals surface area contributed by atoms with Crippen LogP contribution in [0.15, 0.2) is 0 Å². The zero-order valence-electron chi connectivity index (χ0n) is 5.76. The number of nitrogens with zero attached hydrogens (tertiary/aromatic N) is 2. The average Bonchev–Trinajstić information content (AvgIpc) is 2.34. The molecule has 0 saturated heterocycles. The van der Waals surface area contributed by atoms with Gasteiger partial charge in [0.2, 0.25) is 5.95 Å². The first kappa shape index (κ1) is 8.19. The highest BCUT2D eigenvalue weighted by Gasteiger charge is 2.05. The summed E-state index contributed by atoms with van der Waals surface area (Å²) >= 11 is 3.48. The average molecular weight is 269 g/mol. The van der Waals surface area contributed by atoms with Crippen LogP contribution >= 0.6 is 34.4 Å². The van der Waals surface area contributed by atoms with E-state index in [0.717, 1.165) is 5.01 Å². The molecule has 0 atom stereocenters. The topological polar surface area (TPSA) is 37.8 Å². The lowest BCUT2D eigenvalue weighted by Crippen LogP contribution is -1.86. The quantitative estimate of drug-likeness (QED) is 0.661. The second kappa shape index (κ2) is 3.47. The van der Waals surface area contributed by atoms with E-state index in [4.69, 9.17) is 0 Å². The molecule has 0 aliphatic heterocycles. The molecule has 0 aliphatic rings. The number of hydrogen-bond acceptors (Lipinski definition) is 4. The molecule has 1 heterocycles. The summed E-state index contributed by atoms with van der Waals surface area (Å²) in [6.07, 6.45) is 0. The zero-order chi connectivity index (χ0) is 7.56. The number of anilines is 1. The number of rotatable bonds is 2. The van der Waals surface area contributed by atoms with Crippen LogP contribution < -0.4 is 3.53 Å². The van der Waals surface area contributed by atoms with Crippen molar-refractivity contribution in [3.8, 4) is 0 Å². The van der Waals surface area contributed by atoms with Gasteiger partial charge in [-0.05, 0) is 11.5 Å². The Hall–Kier alpha value is 0.0900. The molecule has 5 heteroatoms. The maximum atomic E-state index is 4.22. The van der Waals surface area contributed by atoms with Crippen LogP contribution in [-0.4, -0.2) is 9.36 Å². The van der Waals surface area contributed by atoms with Crippen molar-refractivity contribution in [2.45, 2.75) is 19.8 Å². The summed E-state index contributed by atoms with van der Waals surface area (Å²) in [6.45, 7) is 4.22. The molecule has 1 N–H and O–H groups in total. The van der Waals surface area contributed by atoms with E-state index in [2.05, 4.69) is 26.7 Å². The van der Waals surface area contributed by atoms with Gasteiger partial charge in [-0.25, -0.2) is 4.98 Å². The number of hydrogen-bond donors (Lipinski definition) is 1. The Bertz CT molecular complexity index is 210. The minimum Gasteiger partial charge on any atom is -0.296 e. The zero-order valence-corrected chi connectivity index (χ0v) is 8.73. The van der Waals surface area contributed by atoms with Gasteiger partial charge < -0.3 is 0 Å². The third-order valence-electron chi connectivity index (χ3n) is 1.02. The molecule has 56 valence electrons. The van der Waals surface area contributed by atoms with Crippen molar-refractivity contribution in [1.29, 1.82) is 0 Å².